The number of amides is 1. The maximum atomic E-state index is 11.6. The fourth-order valence-electron chi connectivity index (χ4n) is 2.79. The molecule has 0 aromatic carbocycles. The van der Waals surface area contributed by atoms with Gasteiger partial charge < -0.3 is 9.64 Å². The van der Waals surface area contributed by atoms with E-state index in [1.54, 1.807) is 0 Å². The van der Waals surface area contributed by atoms with Crippen molar-refractivity contribution in [3.63, 3.8) is 0 Å². The topological polar surface area (TPSA) is 32.8 Å². The van der Waals surface area contributed by atoms with Crippen LogP contribution in [0.5, 0.6) is 0 Å². The highest BCUT2D eigenvalue weighted by molar-refractivity contribution is 9.09. The van der Waals surface area contributed by atoms with Gasteiger partial charge in [0.25, 0.3) is 0 Å². The van der Waals surface area contributed by atoms with E-state index in [-0.39, 0.29) is 6.09 Å². The molecule has 1 saturated carbocycles. The molecule has 2 aliphatic rings. The van der Waals surface area contributed by atoms with Crippen LogP contribution in [0, 0.1) is 5.41 Å². The van der Waals surface area contributed by atoms with Crippen LogP contribution >= 0.6 is 15.9 Å². The number of nitrogens with zero attached hydrogens (tertiary/aromatic N) is 2. The second-order valence-electron chi connectivity index (χ2n) is 5.45. The molecule has 4 nitrogen and oxygen atoms in total. The molecule has 0 unspecified atom stereocenters. The summed E-state index contributed by atoms with van der Waals surface area (Å²) >= 11 is 3.65. The molecule has 104 valence electrons. The zero-order chi connectivity index (χ0) is 13.0. The monoisotopic (exact) mass is 318 g/mol. The average Bonchev–Trinajstić information content (AvgIpc) is 2.35. The summed E-state index contributed by atoms with van der Waals surface area (Å²) in [7, 11) is 0. The highest BCUT2D eigenvalue weighted by Crippen LogP contribution is 2.43. The van der Waals surface area contributed by atoms with Gasteiger partial charge in [-0.25, -0.2) is 4.79 Å². The maximum Gasteiger partial charge on any atom is 0.409 e. The molecule has 1 saturated heterocycles. The molecule has 5 heteroatoms. The van der Waals surface area contributed by atoms with Gasteiger partial charge >= 0.3 is 6.09 Å². The van der Waals surface area contributed by atoms with E-state index in [0.717, 1.165) is 31.5 Å². The zero-order valence-corrected chi connectivity index (χ0v) is 12.7. The Morgan fingerprint density at radius 1 is 1.28 bits per heavy atom. The van der Waals surface area contributed by atoms with Gasteiger partial charge in [0.2, 0.25) is 0 Å². The molecule has 1 aliphatic carbocycles. The van der Waals surface area contributed by atoms with Gasteiger partial charge in [-0.3, -0.25) is 4.90 Å². The lowest BCUT2D eigenvalue weighted by atomic mass is 9.70. The standard InChI is InChI=1S/C13H23BrN2O2/c1-2-18-12(17)16-8-6-15(7-9-16)11-13(10-14)4-3-5-13/h2-11H2,1H3. The van der Waals surface area contributed by atoms with Crippen LogP contribution in [0.15, 0.2) is 0 Å². The number of ether oxygens (including phenoxy) is 1. The van der Waals surface area contributed by atoms with Crippen LogP contribution in [0.4, 0.5) is 4.79 Å². The Labute approximate surface area is 118 Å². The van der Waals surface area contributed by atoms with Crippen LogP contribution in [0.1, 0.15) is 26.2 Å². The van der Waals surface area contributed by atoms with E-state index in [1.807, 2.05) is 11.8 Å². The van der Waals surface area contributed by atoms with Crippen LogP contribution < -0.4 is 0 Å². The number of carbonyl (C=O) groups is 1. The lowest BCUT2D eigenvalue weighted by Gasteiger charge is -2.46. The third-order valence-corrected chi connectivity index (χ3v) is 5.34. The van der Waals surface area contributed by atoms with E-state index in [2.05, 4.69) is 20.8 Å². The van der Waals surface area contributed by atoms with Gasteiger partial charge in [-0.15, -0.1) is 0 Å². The Hall–Kier alpha value is -0.290. The summed E-state index contributed by atoms with van der Waals surface area (Å²) in [6, 6.07) is 0. The molecule has 18 heavy (non-hydrogen) atoms. The molecule has 0 N–H and O–H groups in total. The Kier molecular flexibility index (Phi) is 4.90. The van der Waals surface area contributed by atoms with E-state index in [1.165, 1.54) is 25.8 Å². The molecule has 0 aromatic rings. The number of piperazine rings is 1. The van der Waals surface area contributed by atoms with Crippen molar-refractivity contribution < 1.29 is 9.53 Å². The van der Waals surface area contributed by atoms with E-state index in [4.69, 9.17) is 4.74 Å². The van der Waals surface area contributed by atoms with Gasteiger partial charge in [0.1, 0.15) is 0 Å². The molecule has 0 spiro atoms. The van der Waals surface area contributed by atoms with Crippen LogP contribution in [0.25, 0.3) is 0 Å². The SMILES string of the molecule is CCOC(=O)N1CCN(CC2(CBr)CCC2)CC1. The van der Waals surface area contributed by atoms with Crippen molar-refractivity contribution in [3.05, 3.63) is 0 Å². The predicted octanol–water partition coefficient (Wildman–Crippen LogP) is 2.33. The fourth-order valence-corrected chi connectivity index (χ4v) is 3.53. The first-order valence-electron chi connectivity index (χ1n) is 6.89. The van der Waals surface area contributed by atoms with E-state index < -0.39 is 0 Å². The number of hydrogen-bond donors (Lipinski definition) is 0. The highest BCUT2D eigenvalue weighted by atomic mass is 79.9. The molecular weight excluding hydrogens is 296 g/mol. The van der Waals surface area contributed by atoms with Crippen molar-refractivity contribution in [1.82, 2.24) is 9.80 Å². The minimum atomic E-state index is -0.156. The third kappa shape index (κ3) is 3.18. The fraction of sp³-hybridized carbons (Fsp3) is 0.923. The van der Waals surface area contributed by atoms with Crippen molar-refractivity contribution >= 4 is 22.0 Å². The molecule has 2 rings (SSSR count). The summed E-state index contributed by atoms with van der Waals surface area (Å²) < 4.78 is 5.03. The molecule has 1 amide bonds. The zero-order valence-electron chi connectivity index (χ0n) is 11.2. The molecule has 1 heterocycles. The first-order valence-corrected chi connectivity index (χ1v) is 8.01. The highest BCUT2D eigenvalue weighted by Gasteiger charge is 2.38. The van der Waals surface area contributed by atoms with Gasteiger partial charge in [-0.2, -0.15) is 0 Å². The first-order chi connectivity index (χ1) is 8.69. The van der Waals surface area contributed by atoms with Gasteiger partial charge in [-0.05, 0) is 25.2 Å². The summed E-state index contributed by atoms with van der Waals surface area (Å²) in [4.78, 5) is 15.9. The summed E-state index contributed by atoms with van der Waals surface area (Å²) in [6.45, 7) is 7.06. The smallest absolute Gasteiger partial charge is 0.409 e. The molecule has 0 aromatic heterocycles. The van der Waals surface area contributed by atoms with Crippen molar-refractivity contribution in [1.29, 1.82) is 0 Å². The number of halogens is 1. The van der Waals surface area contributed by atoms with Gasteiger partial charge in [0.05, 0.1) is 6.61 Å². The summed E-state index contributed by atoms with van der Waals surface area (Å²) in [5, 5.41) is 1.11. The van der Waals surface area contributed by atoms with E-state index in [0.29, 0.717) is 12.0 Å². The summed E-state index contributed by atoms with van der Waals surface area (Å²) in [5.74, 6) is 0. The normalized spacial score (nSPS) is 23.6. The molecular formula is C13H23BrN2O2. The lowest BCUT2D eigenvalue weighted by Crippen LogP contribution is -2.53. The van der Waals surface area contributed by atoms with Gasteiger partial charge in [0.15, 0.2) is 0 Å². The van der Waals surface area contributed by atoms with Crippen LogP contribution in [-0.2, 0) is 4.74 Å². The van der Waals surface area contributed by atoms with Crippen LogP contribution in [-0.4, -0.2) is 60.6 Å². The Morgan fingerprint density at radius 3 is 2.39 bits per heavy atom. The van der Waals surface area contributed by atoms with Crippen LogP contribution in [0.3, 0.4) is 0 Å². The minimum Gasteiger partial charge on any atom is -0.450 e. The first kappa shape index (κ1) is 14.1. The Morgan fingerprint density at radius 2 is 1.94 bits per heavy atom. The minimum absolute atomic E-state index is 0.156. The number of alkyl halides is 1. The van der Waals surface area contributed by atoms with Crippen molar-refractivity contribution in [2.75, 3.05) is 44.7 Å². The molecule has 0 bridgehead atoms. The Balaban J connectivity index is 1.75. The van der Waals surface area contributed by atoms with Crippen molar-refractivity contribution in [3.8, 4) is 0 Å². The van der Waals surface area contributed by atoms with E-state index in [9.17, 15) is 4.79 Å². The molecule has 1 aliphatic heterocycles. The van der Waals surface area contributed by atoms with Crippen LogP contribution in [0.2, 0.25) is 0 Å². The summed E-state index contributed by atoms with van der Waals surface area (Å²) in [6.07, 6.45) is 3.90. The largest absolute Gasteiger partial charge is 0.450 e. The number of rotatable bonds is 4. The second kappa shape index (κ2) is 6.24. The average molecular weight is 319 g/mol. The van der Waals surface area contributed by atoms with Gasteiger partial charge in [-0.1, -0.05) is 22.4 Å². The maximum absolute atomic E-state index is 11.6. The Bertz CT molecular complexity index is 281. The quantitative estimate of drug-likeness (QED) is 0.746. The molecule has 0 radical (unpaired) electrons. The van der Waals surface area contributed by atoms with Crippen molar-refractivity contribution in [2.45, 2.75) is 26.2 Å². The summed E-state index contributed by atoms with van der Waals surface area (Å²) in [5.41, 5.74) is 0.506. The predicted molar refractivity (Wildman–Crippen MR) is 75.1 cm³/mol. The molecule has 2 fully saturated rings. The van der Waals surface area contributed by atoms with Gasteiger partial charge in [0, 0.05) is 38.1 Å². The molecule has 0 atom stereocenters. The van der Waals surface area contributed by atoms with Crippen molar-refractivity contribution in [2.24, 2.45) is 5.41 Å². The number of carbonyl (C=O) groups excluding carboxylic acids is 1. The van der Waals surface area contributed by atoms with E-state index >= 15 is 0 Å². The second-order valence-corrected chi connectivity index (χ2v) is 6.01. The lowest BCUT2D eigenvalue weighted by molar-refractivity contribution is 0.0455. The third-order valence-electron chi connectivity index (χ3n) is 4.16. The number of hydrogen-bond acceptors (Lipinski definition) is 3.